The summed E-state index contributed by atoms with van der Waals surface area (Å²) >= 11 is 0. The minimum absolute atomic E-state index is 0.215. The van der Waals surface area contributed by atoms with Gasteiger partial charge in [-0.3, -0.25) is 0 Å². The number of nitrogens with one attached hydrogen (secondary N) is 1. The third kappa shape index (κ3) is 3.27. The first-order valence-corrected chi connectivity index (χ1v) is 4.40. The normalized spacial score (nSPS) is 14.9. The van der Waals surface area contributed by atoms with Crippen molar-refractivity contribution >= 4 is 5.95 Å². The second-order valence-electron chi connectivity index (χ2n) is 3.53. The van der Waals surface area contributed by atoms with E-state index in [1.165, 1.54) is 6.92 Å². The SMILES string of the molecule is Cc1ccnc(NCC(C)(O)CO)n1. The molecule has 0 spiro atoms. The van der Waals surface area contributed by atoms with Crippen LogP contribution in [-0.4, -0.2) is 38.9 Å². The van der Waals surface area contributed by atoms with E-state index in [-0.39, 0.29) is 13.2 Å². The molecule has 0 radical (unpaired) electrons. The van der Waals surface area contributed by atoms with E-state index in [0.29, 0.717) is 5.95 Å². The number of aromatic nitrogens is 2. The first-order chi connectivity index (χ1) is 6.53. The van der Waals surface area contributed by atoms with Crippen molar-refractivity contribution in [2.45, 2.75) is 19.4 Å². The quantitative estimate of drug-likeness (QED) is 0.630. The minimum atomic E-state index is -1.15. The fourth-order valence-corrected chi connectivity index (χ4v) is 0.859. The Morgan fingerprint density at radius 2 is 2.29 bits per heavy atom. The number of hydrogen-bond acceptors (Lipinski definition) is 5. The van der Waals surface area contributed by atoms with Gasteiger partial charge in [0.25, 0.3) is 0 Å². The van der Waals surface area contributed by atoms with Crippen molar-refractivity contribution in [3.05, 3.63) is 18.0 Å². The summed E-state index contributed by atoms with van der Waals surface area (Å²) in [6.07, 6.45) is 1.64. The largest absolute Gasteiger partial charge is 0.393 e. The molecule has 0 aliphatic carbocycles. The van der Waals surface area contributed by atoms with E-state index in [9.17, 15) is 5.11 Å². The molecule has 0 aromatic carbocycles. The van der Waals surface area contributed by atoms with Crippen molar-refractivity contribution in [2.24, 2.45) is 0 Å². The highest BCUT2D eigenvalue weighted by molar-refractivity contribution is 5.25. The van der Waals surface area contributed by atoms with E-state index in [1.54, 1.807) is 12.3 Å². The summed E-state index contributed by atoms with van der Waals surface area (Å²) in [5.74, 6) is 0.457. The van der Waals surface area contributed by atoms with Gasteiger partial charge in [-0.25, -0.2) is 9.97 Å². The summed E-state index contributed by atoms with van der Waals surface area (Å²) in [4.78, 5) is 8.06. The van der Waals surface area contributed by atoms with Crippen molar-refractivity contribution in [3.8, 4) is 0 Å². The van der Waals surface area contributed by atoms with Gasteiger partial charge in [0.05, 0.1) is 6.61 Å². The molecule has 3 N–H and O–H groups in total. The van der Waals surface area contributed by atoms with E-state index >= 15 is 0 Å². The molecule has 0 saturated heterocycles. The van der Waals surface area contributed by atoms with Crippen molar-refractivity contribution in [2.75, 3.05) is 18.5 Å². The second kappa shape index (κ2) is 4.34. The molecule has 1 aromatic heterocycles. The standard InChI is InChI=1S/C9H15N3O2/c1-7-3-4-10-8(12-7)11-5-9(2,14)6-13/h3-4,13-14H,5-6H2,1-2H3,(H,10,11,12). The lowest BCUT2D eigenvalue weighted by atomic mass is 10.1. The number of rotatable bonds is 4. The van der Waals surface area contributed by atoms with Gasteiger partial charge in [-0.05, 0) is 19.9 Å². The molecule has 78 valence electrons. The zero-order valence-corrected chi connectivity index (χ0v) is 8.36. The van der Waals surface area contributed by atoms with Crippen LogP contribution >= 0.6 is 0 Å². The fraction of sp³-hybridized carbons (Fsp3) is 0.556. The van der Waals surface area contributed by atoms with Crippen LogP contribution in [0.15, 0.2) is 12.3 Å². The fourth-order valence-electron chi connectivity index (χ4n) is 0.859. The summed E-state index contributed by atoms with van der Waals surface area (Å²) < 4.78 is 0. The van der Waals surface area contributed by atoms with E-state index < -0.39 is 5.60 Å². The number of aryl methyl sites for hydroxylation is 1. The smallest absolute Gasteiger partial charge is 0.222 e. The van der Waals surface area contributed by atoms with Crippen LogP contribution in [0, 0.1) is 6.92 Å². The number of hydrogen-bond donors (Lipinski definition) is 3. The Kier molecular flexibility index (Phi) is 3.38. The van der Waals surface area contributed by atoms with Crippen molar-refractivity contribution in [3.63, 3.8) is 0 Å². The van der Waals surface area contributed by atoms with Crippen molar-refractivity contribution < 1.29 is 10.2 Å². The lowest BCUT2D eigenvalue weighted by molar-refractivity contribution is 0.0131. The molecule has 0 aliphatic rings. The molecule has 0 saturated carbocycles. The zero-order valence-electron chi connectivity index (χ0n) is 8.36. The Morgan fingerprint density at radius 1 is 1.57 bits per heavy atom. The first kappa shape index (κ1) is 10.9. The molecular formula is C9H15N3O2. The molecule has 5 nitrogen and oxygen atoms in total. The molecule has 1 atom stereocenters. The number of aliphatic hydroxyl groups excluding tert-OH is 1. The Balaban J connectivity index is 2.54. The third-order valence-electron chi connectivity index (χ3n) is 1.76. The van der Waals surface area contributed by atoms with Gasteiger partial charge in [0.1, 0.15) is 5.60 Å². The van der Waals surface area contributed by atoms with Crippen LogP contribution in [0.3, 0.4) is 0 Å². The van der Waals surface area contributed by atoms with Crippen molar-refractivity contribution in [1.82, 2.24) is 9.97 Å². The topological polar surface area (TPSA) is 78.3 Å². The van der Waals surface area contributed by atoms with Gasteiger partial charge < -0.3 is 15.5 Å². The molecule has 1 aromatic rings. The molecule has 5 heteroatoms. The Labute approximate surface area is 82.8 Å². The molecule has 14 heavy (non-hydrogen) atoms. The van der Waals surface area contributed by atoms with Crippen LogP contribution in [0.2, 0.25) is 0 Å². The third-order valence-corrected chi connectivity index (χ3v) is 1.76. The maximum Gasteiger partial charge on any atom is 0.222 e. The minimum Gasteiger partial charge on any atom is -0.393 e. The lowest BCUT2D eigenvalue weighted by Gasteiger charge is -2.20. The first-order valence-electron chi connectivity index (χ1n) is 4.40. The van der Waals surface area contributed by atoms with Gasteiger partial charge in [-0.15, -0.1) is 0 Å². The molecule has 1 heterocycles. The molecule has 1 rings (SSSR count). The summed E-state index contributed by atoms with van der Waals surface area (Å²) in [7, 11) is 0. The van der Waals surface area contributed by atoms with Gasteiger partial charge in [-0.1, -0.05) is 0 Å². The molecule has 1 unspecified atom stereocenters. The van der Waals surface area contributed by atoms with Gasteiger partial charge >= 0.3 is 0 Å². The second-order valence-corrected chi connectivity index (χ2v) is 3.53. The summed E-state index contributed by atoms with van der Waals surface area (Å²) in [5.41, 5.74) is -0.293. The number of nitrogens with zero attached hydrogens (tertiary/aromatic N) is 2. The Morgan fingerprint density at radius 3 is 2.86 bits per heavy atom. The Hall–Kier alpha value is -1.20. The number of aliphatic hydroxyl groups is 2. The van der Waals surface area contributed by atoms with Gasteiger partial charge in [0, 0.05) is 18.4 Å². The lowest BCUT2D eigenvalue weighted by Crippen LogP contribution is -2.37. The van der Waals surface area contributed by atoms with Crippen LogP contribution in [0.5, 0.6) is 0 Å². The summed E-state index contributed by atoms with van der Waals surface area (Å²) in [6, 6.07) is 1.79. The number of anilines is 1. The van der Waals surface area contributed by atoms with Crippen LogP contribution < -0.4 is 5.32 Å². The molecule has 0 fully saturated rings. The monoisotopic (exact) mass is 197 g/mol. The van der Waals surface area contributed by atoms with Gasteiger partial charge in [0.15, 0.2) is 0 Å². The van der Waals surface area contributed by atoms with Crippen LogP contribution in [-0.2, 0) is 0 Å². The predicted molar refractivity (Wildman–Crippen MR) is 53.0 cm³/mol. The molecular weight excluding hydrogens is 182 g/mol. The van der Waals surface area contributed by atoms with Gasteiger partial charge in [-0.2, -0.15) is 0 Å². The van der Waals surface area contributed by atoms with Gasteiger partial charge in [0.2, 0.25) is 5.95 Å². The van der Waals surface area contributed by atoms with Crippen molar-refractivity contribution in [1.29, 1.82) is 0 Å². The summed E-state index contributed by atoms with van der Waals surface area (Å²) in [5, 5.41) is 21.1. The zero-order chi connectivity index (χ0) is 10.6. The maximum absolute atomic E-state index is 9.49. The van der Waals surface area contributed by atoms with Crippen LogP contribution in [0.1, 0.15) is 12.6 Å². The van der Waals surface area contributed by atoms with E-state index in [1.807, 2.05) is 6.92 Å². The highest BCUT2D eigenvalue weighted by atomic mass is 16.3. The van der Waals surface area contributed by atoms with E-state index in [0.717, 1.165) is 5.69 Å². The highest BCUT2D eigenvalue weighted by Gasteiger charge is 2.18. The highest BCUT2D eigenvalue weighted by Crippen LogP contribution is 2.04. The van der Waals surface area contributed by atoms with Crippen LogP contribution in [0.4, 0.5) is 5.95 Å². The van der Waals surface area contributed by atoms with E-state index in [2.05, 4.69) is 15.3 Å². The predicted octanol–water partition coefficient (Wildman–Crippen LogP) is -0.0598. The summed E-state index contributed by atoms with van der Waals surface area (Å²) in [6.45, 7) is 3.31. The van der Waals surface area contributed by atoms with E-state index in [4.69, 9.17) is 5.11 Å². The molecule has 0 bridgehead atoms. The maximum atomic E-state index is 9.49. The average Bonchev–Trinajstić information content (AvgIpc) is 2.15. The van der Waals surface area contributed by atoms with Crippen LogP contribution in [0.25, 0.3) is 0 Å². The molecule has 0 amide bonds. The molecule has 0 aliphatic heterocycles. The Bertz CT molecular complexity index is 302. The average molecular weight is 197 g/mol.